The zero-order valence-electron chi connectivity index (χ0n) is 11.1. The van der Waals surface area contributed by atoms with E-state index in [-0.39, 0.29) is 21.8 Å². The van der Waals surface area contributed by atoms with Gasteiger partial charge in [-0.1, -0.05) is 23.7 Å². The van der Waals surface area contributed by atoms with Crippen LogP contribution in [0.25, 0.3) is 0 Å². The molecule has 0 aliphatic carbocycles. The molecule has 2 rings (SSSR count). The minimum Gasteiger partial charge on any atom is -0.397 e. The maximum atomic E-state index is 12.4. The minimum absolute atomic E-state index is 0.0251. The van der Waals surface area contributed by atoms with Crippen molar-refractivity contribution in [2.24, 2.45) is 0 Å². The quantitative estimate of drug-likeness (QED) is 0.849. The summed E-state index contributed by atoms with van der Waals surface area (Å²) in [5.41, 5.74) is 6.76. The van der Waals surface area contributed by atoms with Crippen LogP contribution in [0.2, 0.25) is 5.02 Å². The SMILES string of the molecule is Cc1cc(Cl)c(N)cc1S(=O)(=O)Nc1ccccc1C#N. The first-order valence-corrected chi connectivity index (χ1v) is 7.79. The van der Waals surface area contributed by atoms with Crippen LogP contribution >= 0.6 is 11.6 Å². The number of benzene rings is 2. The smallest absolute Gasteiger partial charge is 0.262 e. The van der Waals surface area contributed by atoms with Gasteiger partial charge >= 0.3 is 0 Å². The molecule has 5 nitrogen and oxygen atoms in total. The number of nitriles is 1. The Bertz CT molecular complexity index is 842. The molecule has 7 heteroatoms. The van der Waals surface area contributed by atoms with Gasteiger partial charge in [0, 0.05) is 0 Å². The lowest BCUT2D eigenvalue weighted by Gasteiger charge is -2.12. The Hall–Kier alpha value is -2.23. The molecule has 3 N–H and O–H groups in total. The van der Waals surface area contributed by atoms with E-state index in [9.17, 15) is 8.42 Å². The van der Waals surface area contributed by atoms with Gasteiger partial charge in [0.2, 0.25) is 0 Å². The summed E-state index contributed by atoms with van der Waals surface area (Å²) >= 11 is 5.86. The van der Waals surface area contributed by atoms with Gasteiger partial charge in [0.1, 0.15) is 6.07 Å². The highest BCUT2D eigenvalue weighted by Crippen LogP contribution is 2.28. The van der Waals surface area contributed by atoms with Gasteiger partial charge < -0.3 is 5.73 Å². The molecule has 0 atom stereocenters. The number of halogens is 1. The first-order chi connectivity index (χ1) is 9.85. The van der Waals surface area contributed by atoms with E-state index >= 15 is 0 Å². The highest BCUT2D eigenvalue weighted by atomic mass is 35.5. The normalized spacial score (nSPS) is 10.9. The van der Waals surface area contributed by atoms with Crippen LogP contribution in [0.15, 0.2) is 41.3 Å². The highest BCUT2D eigenvalue weighted by Gasteiger charge is 2.19. The van der Waals surface area contributed by atoms with E-state index in [2.05, 4.69) is 4.72 Å². The molecule has 0 saturated carbocycles. The van der Waals surface area contributed by atoms with E-state index in [1.807, 2.05) is 6.07 Å². The molecule has 0 radical (unpaired) electrons. The van der Waals surface area contributed by atoms with Crippen LogP contribution in [0.5, 0.6) is 0 Å². The largest absolute Gasteiger partial charge is 0.397 e. The van der Waals surface area contributed by atoms with Crippen LogP contribution in [0.4, 0.5) is 11.4 Å². The molecule has 0 bridgehead atoms. The summed E-state index contributed by atoms with van der Waals surface area (Å²) in [7, 11) is -3.86. The third-order valence-corrected chi connectivity index (χ3v) is 4.71. The van der Waals surface area contributed by atoms with Crippen molar-refractivity contribution in [3.8, 4) is 6.07 Å². The summed E-state index contributed by atoms with van der Waals surface area (Å²) < 4.78 is 27.3. The number of anilines is 2. The molecule has 2 aromatic carbocycles. The van der Waals surface area contributed by atoms with Gasteiger partial charge in [-0.3, -0.25) is 4.72 Å². The Labute approximate surface area is 128 Å². The van der Waals surface area contributed by atoms with Gasteiger partial charge in [0.25, 0.3) is 10.0 Å². The molecule has 0 unspecified atom stereocenters. The summed E-state index contributed by atoms with van der Waals surface area (Å²) in [6, 6.07) is 11.1. The number of para-hydroxylation sites is 1. The fraction of sp³-hybridized carbons (Fsp3) is 0.0714. The van der Waals surface area contributed by atoms with Crippen LogP contribution < -0.4 is 10.5 Å². The third kappa shape index (κ3) is 3.10. The van der Waals surface area contributed by atoms with Crippen molar-refractivity contribution < 1.29 is 8.42 Å². The molecule has 0 heterocycles. The second kappa shape index (κ2) is 5.64. The Morgan fingerprint density at radius 1 is 1.29 bits per heavy atom. The molecule has 2 aromatic rings. The topological polar surface area (TPSA) is 96.0 Å². The zero-order valence-corrected chi connectivity index (χ0v) is 12.7. The van der Waals surface area contributed by atoms with Crippen molar-refractivity contribution in [2.45, 2.75) is 11.8 Å². The Morgan fingerprint density at radius 2 is 1.95 bits per heavy atom. The molecule has 21 heavy (non-hydrogen) atoms. The van der Waals surface area contributed by atoms with Crippen molar-refractivity contribution in [2.75, 3.05) is 10.5 Å². The third-order valence-electron chi connectivity index (χ3n) is 2.88. The number of hydrogen-bond donors (Lipinski definition) is 2. The van der Waals surface area contributed by atoms with Crippen molar-refractivity contribution in [1.29, 1.82) is 5.26 Å². The van der Waals surface area contributed by atoms with E-state index in [0.29, 0.717) is 10.6 Å². The second-order valence-electron chi connectivity index (χ2n) is 4.40. The molecule has 0 amide bonds. The Morgan fingerprint density at radius 3 is 2.62 bits per heavy atom. The van der Waals surface area contributed by atoms with Gasteiger partial charge in [0.15, 0.2) is 0 Å². The monoisotopic (exact) mass is 321 g/mol. The summed E-state index contributed by atoms with van der Waals surface area (Å²) in [5.74, 6) is 0. The number of nitrogen functional groups attached to an aromatic ring is 1. The predicted molar refractivity (Wildman–Crippen MR) is 82.6 cm³/mol. The lowest BCUT2D eigenvalue weighted by Crippen LogP contribution is -2.15. The molecular formula is C14H12ClN3O2S. The number of nitrogens with two attached hydrogens (primary N) is 1. The van der Waals surface area contributed by atoms with Crippen LogP contribution in [0.3, 0.4) is 0 Å². The average Bonchev–Trinajstić information content (AvgIpc) is 2.43. The van der Waals surface area contributed by atoms with Crippen molar-refractivity contribution in [3.63, 3.8) is 0 Å². The standard InChI is InChI=1S/C14H12ClN3O2S/c1-9-6-11(15)12(17)7-14(9)21(19,20)18-13-5-3-2-4-10(13)8-16/h2-7,18H,17H2,1H3. The number of nitrogens with zero attached hydrogens (tertiary/aromatic N) is 1. The number of nitrogens with one attached hydrogen (secondary N) is 1. The van der Waals surface area contributed by atoms with E-state index in [0.717, 1.165) is 0 Å². The van der Waals surface area contributed by atoms with E-state index in [4.69, 9.17) is 22.6 Å². The molecule has 0 fully saturated rings. The van der Waals surface area contributed by atoms with Crippen molar-refractivity contribution in [3.05, 3.63) is 52.5 Å². The summed E-state index contributed by atoms with van der Waals surface area (Å²) in [6.07, 6.45) is 0. The van der Waals surface area contributed by atoms with Gasteiger partial charge in [0.05, 0.1) is 26.9 Å². The average molecular weight is 322 g/mol. The summed E-state index contributed by atoms with van der Waals surface area (Å²) in [5, 5.41) is 9.29. The fourth-order valence-electron chi connectivity index (χ4n) is 1.83. The maximum Gasteiger partial charge on any atom is 0.262 e. The first-order valence-electron chi connectivity index (χ1n) is 5.92. The molecule has 0 aliphatic rings. The molecular weight excluding hydrogens is 310 g/mol. The molecule has 0 saturated heterocycles. The number of aryl methyl sites for hydroxylation is 1. The first kappa shape index (κ1) is 15.2. The zero-order chi connectivity index (χ0) is 15.6. The Balaban J connectivity index is 2.49. The second-order valence-corrected chi connectivity index (χ2v) is 6.46. The molecule has 0 aliphatic heterocycles. The summed E-state index contributed by atoms with van der Waals surface area (Å²) in [6.45, 7) is 1.62. The lowest BCUT2D eigenvalue weighted by molar-refractivity contribution is 0.600. The number of rotatable bonds is 3. The van der Waals surface area contributed by atoms with Crippen LogP contribution in [-0.2, 0) is 10.0 Å². The van der Waals surface area contributed by atoms with Crippen LogP contribution in [-0.4, -0.2) is 8.42 Å². The highest BCUT2D eigenvalue weighted by molar-refractivity contribution is 7.92. The maximum absolute atomic E-state index is 12.4. The molecule has 0 aromatic heterocycles. The fourth-order valence-corrected chi connectivity index (χ4v) is 3.39. The Kier molecular flexibility index (Phi) is 4.07. The summed E-state index contributed by atoms with van der Waals surface area (Å²) in [4.78, 5) is 0.0251. The van der Waals surface area contributed by atoms with Crippen LogP contribution in [0, 0.1) is 18.3 Å². The van der Waals surface area contributed by atoms with Gasteiger partial charge in [-0.05, 0) is 36.8 Å². The van der Waals surface area contributed by atoms with Crippen LogP contribution in [0.1, 0.15) is 11.1 Å². The lowest BCUT2D eigenvalue weighted by atomic mass is 10.2. The predicted octanol–water partition coefficient (Wildman–Crippen LogP) is 2.90. The molecule has 0 spiro atoms. The van der Waals surface area contributed by atoms with Gasteiger partial charge in [-0.2, -0.15) is 5.26 Å². The number of sulfonamides is 1. The number of hydrogen-bond acceptors (Lipinski definition) is 4. The van der Waals surface area contributed by atoms with E-state index in [1.54, 1.807) is 19.1 Å². The minimum atomic E-state index is -3.86. The van der Waals surface area contributed by atoms with Crippen molar-refractivity contribution in [1.82, 2.24) is 0 Å². The van der Waals surface area contributed by atoms with Gasteiger partial charge in [-0.15, -0.1) is 0 Å². The van der Waals surface area contributed by atoms with E-state index in [1.165, 1.54) is 24.3 Å². The van der Waals surface area contributed by atoms with Crippen molar-refractivity contribution >= 4 is 33.0 Å². The van der Waals surface area contributed by atoms with Gasteiger partial charge in [-0.25, -0.2) is 8.42 Å². The molecule has 108 valence electrons. The van der Waals surface area contributed by atoms with E-state index < -0.39 is 10.0 Å².